The van der Waals surface area contributed by atoms with Crippen molar-refractivity contribution in [2.24, 2.45) is 4.99 Å². The smallest absolute Gasteiger partial charge is 0.315 e. The summed E-state index contributed by atoms with van der Waals surface area (Å²) >= 11 is 6.29. The Kier molecular flexibility index (Phi) is 8.34. The third-order valence-electron chi connectivity index (χ3n) is 5.88. The first-order chi connectivity index (χ1) is 15.3. The second-order valence-electron chi connectivity index (χ2n) is 8.66. The van der Waals surface area contributed by atoms with Crippen molar-refractivity contribution in [3.63, 3.8) is 0 Å². The van der Waals surface area contributed by atoms with E-state index in [1.807, 2.05) is 20.8 Å². The molecule has 7 nitrogen and oxygen atoms in total. The van der Waals surface area contributed by atoms with Crippen molar-refractivity contribution < 1.29 is 18.7 Å². The number of carbonyl (C=O) groups excluding carboxylic acids is 2. The molecule has 2 aliphatic rings. The number of ether oxygens (including phenoxy) is 1. The van der Waals surface area contributed by atoms with E-state index in [9.17, 15) is 14.0 Å². The molecule has 1 aliphatic heterocycles. The number of hydrogen-bond acceptors (Lipinski definition) is 4. The summed E-state index contributed by atoms with van der Waals surface area (Å²) < 4.78 is 19.6. The SMILES string of the molecule is CC(C)N1C(=O)C(Cl)C(OCc2ccc(F)cc2CNC(=O)NC2CCCCC2)=NC1C. The quantitative estimate of drug-likeness (QED) is 0.620. The Labute approximate surface area is 193 Å². The van der Waals surface area contributed by atoms with Gasteiger partial charge < -0.3 is 20.3 Å². The van der Waals surface area contributed by atoms with Gasteiger partial charge in [-0.25, -0.2) is 14.2 Å². The molecule has 9 heteroatoms. The molecule has 32 heavy (non-hydrogen) atoms. The monoisotopic (exact) mass is 466 g/mol. The number of nitrogens with zero attached hydrogens (tertiary/aromatic N) is 2. The van der Waals surface area contributed by atoms with Crippen molar-refractivity contribution in [3.05, 3.63) is 35.1 Å². The third-order valence-corrected chi connectivity index (χ3v) is 6.26. The number of nitrogens with one attached hydrogen (secondary N) is 2. The minimum atomic E-state index is -1.00. The summed E-state index contributed by atoms with van der Waals surface area (Å²) in [5.41, 5.74) is 1.27. The molecule has 1 fully saturated rings. The lowest BCUT2D eigenvalue weighted by Gasteiger charge is -2.36. The van der Waals surface area contributed by atoms with Crippen LogP contribution in [0.4, 0.5) is 9.18 Å². The summed E-state index contributed by atoms with van der Waals surface area (Å²) in [7, 11) is 0. The minimum Gasteiger partial charge on any atom is -0.475 e. The van der Waals surface area contributed by atoms with Crippen LogP contribution < -0.4 is 10.6 Å². The van der Waals surface area contributed by atoms with Crippen LogP contribution in [0.25, 0.3) is 0 Å². The molecule has 0 saturated heterocycles. The minimum absolute atomic E-state index is 0.0291. The Balaban J connectivity index is 1.62. The van der Waals surface area contributed by atoms with Crippen LogP contribution in [0.1, 0.15) is 64.0 Å². The Bertz CT molecular complexity index is 858. The summed E-state index contributed by atoms with van der Waals surface area (Å²) in [5.74, 6) is -0.501. The highest BCUT2D eigenvalue weighted by atomic mass is 35.5. The first-order valence-corrected chi connectivity index (χ1v) is 11.7. The molecule has 0 bridgehead atoms. The first kappa shape index (κ1) is 24.3. The normalized spacial score (nSPS) is 22.0. The van der Waals surface area contributed by atoms with Gasteiger partial charge in [0.2, 0.25) is 5.90 Å². The molecule has 2 atom stereocenters. The molecule has 3 rings (SSSR count). The van der Waals surface area contributed by atoms with Crippen molar-refractivity contribution in [3.8, 4) is 0 Å². The number of halogens is 2. The second kappa shape index (κ2) is 11.0. The standard InChI is InChI=1S/C23H32ClFN4O3/c1-14(2)29-15(3)27-21(20(24)22(29)30)32-13-16-9-10-18(25)11-17(16)12-26-23(31)28-19-7-5-4-6-8-19/h9-11,14-15,19-20H,4-8,12-13H2,1-3H3,(H2,26,28,31). The first-order valence-electron chi connectivity index (χ1n) is 11.2. The molecule has 2 N–H and O–H groups in total. The molecule has 0 aromatic heterocycles. The van der Waals surface area contributed by atoms with E-state index in [1.54, 1.807) is 11.0 Å². The molecule has 3 amide bonds. The molecule has 1 aromatic rings. The van der Waals surface area contributed by atoms with E-state index >= 15 is 0 Å². The highest BCUT2D eigenvalue weighted by Gasteiger charge is 2.37. The van der Waals surface area contributed by atoms with Crippen molar-refractivity contribution in [1.29, 1.82) is 0 Å². The number of carbonyl (C=O) groups is 2. The van der Waals surface area contributed by atoms with Crippen LogP contribution in [-0.4, -0.2) is 46.4 Å². The molecule has 2 unspecified atom stereocenters. The molecule has 0 spiro atoms. The van der Waals surface area contributed by atoms with Crippen LogP contribution in [0.3, 0.4) is 0 Å². The van der Waals surface area contributed by atoms with Crippen LogP contribution >= 0.6 is 11.6 Å². The average molecular weight is 467 g/mol. The van der Waals surface area contributed by atoms with Gasteiger partial charge in [-0.1, -0.05) is 25.3 Å². The van der Waals surface area contributed by atoms with Crippen LogP contribution in [0.2, 0.25) is 0 Å². The summed E-state index contributed by atoms with van der Waals surface area (Å²) in [4.78, 5) is 30.9. The summed E-state index contributed by atoms with van der Waals surface area (Å²) in [5, 5.41) is 4.78. The van der Waals surface area contributed by atoms with Gasteiger partial charge in [0.05, 0.1) is 0 Å². The lowest BCUT2D eigenvalue weighted by molar-refractivity contribution is -0.134. The van der Waals surface area contributed by atoms with E-state index in [4.69, 9.17) is 16.3 Å². The summed E-state index contributed by atoms with van der Waals surface area (Å²) in [6.45, 7) is 5.83. The van der Waals surface area contributed by atoms with Crippen molar-refractivity contribution in [2.45, 2.75) is 89.7 Å². The van der Waals surface area contributed by atoms with E-state index in [-0.39, 0.29) is 49.2 Å². The number of benzene rings is 1. The van der Waals surface area contributed by atoms with Gasteiger partial charge >= 0.3 is 6.03 Å². The van der Waals surface area contributed by atoms with Gasteiger partial charge in [0.25, 0.3) is 5.91 Å². The highest BCUT2D eigenvalue weighted by molar-refractivity contribution is 6.41. The fourth-order valence-electron chi connectivity index (χ4n) is 4.24. The second-order valence-corrected chi connectivity index (χ2v) is 9.10. The fraction of sp³-hybridized carbons (Fsp3) is 0.609. The lowest BCUT2D eigenvalue weighted by atomic mass is 9.96. The van der Waals surface area contributed by atoms with Crippen LogP contribution in [0.5, 0.6) is 0 Å². The maximum absolute atomic E-state index is 13.9. The van der Waals surface area contributed by atoms with E-state index < -0.39 is 11.2 Å². The number of alkyl halides is 1. The third kappa shape index (κ3) is 6.12. The summed E-state index contributed by atoms with van der Waals surface area (Å²) in [6.07, 6.45) is 5.04. The molecule has 1 aromatic carbocycles. The zero-order valence-electron chi connectivity index (χ0n) is 18.9. The van der Waals surface area contributed by atoms with E-state index in [0.29, 0.717) is 11.1 Å². The van der Waals surface area contributed by atoms with Crippen molar-refractivity contribution in [1.82, 2.24) is 15.5 Å². The largest absolute Gasteiger partial charge is 0.475 e. The highest BCUT2D eigenvalue weighted by Crippen LogP contribution is 2.22. The van der Waals surface area contributed by atoms with E-state index in [0.717, 1.165) is 25.7 Å². The van der Waals surface area contributed by atoms with Crippen LogP contribution in [-0.2, 0) is 22.7 Å². The fourth-order valence-corrected chi connectivity index (χ4v) is 4.47. The Morgan fingerprint density at radius 1 is 1.28 bits per heavy atom. The van der Waals surface area contributed by atoms with Gasteiger partial charge in [0.1, 0.15) is 18.6 Å². The lowest BCUT2D eigenvalue weighted by Crippen LogP contribution is -2.52. The zero-order chi connectivity index (χ0) is 23.3. The molecule has 1 aliphatic carbocycles. The molecular weight excluding hydrogens is 435 g/mol. The van der Waals surface area contributed by atoms with Gasteiger partial charge in [-0.05, 0) is 56.9 Å². The topological polar surface area (TPSA) is 83.0 Å². The number of aliphatic imine (C=N–C) groups is 1. The average Bonchev–Trinajstić information content (AvgIpc) is 2.75. The Morgan fingerprint density at radius 2 is 2.00 bits per heavy atom. The predicted octanol–water partition coefficient (Wildman–Crippen LogP) is 4.08. The van der Waals surface area contributed by atoms with Crippen LogP contribution in [0, 0.1) is 5.82 Å². The van der Waals surface area contributed by atoms with Gasteiger partial charge in [0, 0.05) is 18.6 Å². The number of hydrogen-bond donors (Lipinski definition) is 2. The molecule has 0 radical (unpaired) electrons. The van der Waals surface area contributed by atoms with Crippen molar-refractivity contribution >= 4 is 29.4 Å². The Morgan fingerprint density at radius 3 is 2.69 bits per heavy atom. The molecule has 1 saturated carbocycles. The predicted molar refractivity (Wildman–Crippen MR) is 122 cm³/mol. The maximum Gasteiger partial charge on any atom is 0.315 e. The number of urea groups is 1. The number of rotatable bonds is 6. The van der Waals surface area contributed by atoms with Gasteiger partial charge in [0.15, 0.2) is 5.38 Å². The van der Waals surface area contributed by atoms with Gasteiger partial charge in [-0.2, -0.15) is 0 Å². The molecular formula is C23H32ClFN4O3. The summed E-state index contributed by atoms with van der Waals surface area (Å²) in [6, 6.07) is 4.20. The molecule has 1 heterocycles. The van der Waals surface area contributed by atoms with Gasteiger partial charge in [-0.3, -0.25) is 4.79 Å². The van der Waals surface area contributed by atoms with Gasteiger partial charge in [-0.15, -0.1) is 11.6 Å². The van der Waals surface area contributed by atoms with Crippen LogP contribution in [0.15, 0.2) is 23.2 Å². The molecule has 176 valence electrons. The van der Waals surface area contributed by atoms with E-state index in [1.165, 1.54) is 18.6 Å². The zero-order valence-corrected chi connectivity index (χ0v) is 19.6. The number of amides is 3. The van der Waals surface area contributed by atoms with E-state index in [2.05, 4.69) is 15.6 Å². The maximum atomic E-state index is 13.9. The Hall–Kier alpha value is -2.35. The van der Waals surface area contributed by atoms with Crippen molar-refractivity contribution in [2.75, 3.05) is 0 Å².